The van der Waals surface area contributed by atoms with Crippen LogP contribution in [0.4, 0.5) is 4.39 Å². The predicted octanol–water partition coefficient (Wildman–Crippen LogP) is 3.68. The first kappa shape index (κ1) is 12.8. The highest BCUT2D eigenvalue weighted by atomic mass is 19.1. The van der Waals surface area contributed by atoms with E-state index < -0.39 is 0 Å². The van der Waals surface area contributed by atoms with Crippen LogP contribution in [-0.4, -0.2) is 12.0 Å². The summed E-state index contributed by atoms with van der Waals surface area (Å²) in [6, 6.07) is 15.8. The van der Waals surface area contributed by atoms with E-state index in [1.165, 1.54) is 23.0 Å². The molecule has 1 N–H and O–H groups in total. The largest absolute Gasteiger partial charge is 0.309 e. The minimum Gasteiger partial charge on any atom is -0.309 e. The molecule has 1 heterocycles. The van der Waals surface area contributed by atoms with Gasteiger partial charge in [-0.1, -0.05) is 42.5 Å². The molecule has 1 atom stereocenters. The molecule has 0 aliphatic rings. The molecule has 3 heteroatoms. The van der Waals surface area contributed by atoms with E-state index in [1.807, 2.05) is 25.2 Å². The molecule has 0 spiro atoms. The van der Waals surface area contributed by atoms with Gasteiger partial charge >= 0.3 is 0 Å². The monoisotopic (exact) mass is 266 g/mol. The van der Waals surface area contributed by atoms with Gasteiger partial charge in [-0.25, -0.2) is 4.39 Å². The van der Waals surface area contributed by atoms with Gasteiger partial charge in [-0.15, -0.1) is 0 Å². The van der Waals surface area contributed by atoms with E-state index in [0.717, 1.165) is 11.1 Å². The molecular weight excluding hydrogens is 251 g/mol. The molecule has 100 valence electrons. The Morgan fingerprint density at radius 3 is 2.65 bits per heavy atom. The fourth-order valence-electron chi connectivity index (χ4n) is 2.59. The van der Waals surface area contributed by atoms with Crippen molar-refractivity contribution in [3.63, 3.8) is 0 Å². The normalized spacial score (nSPS) is 12.5. The highest BCUT2D eigenvalue weighted by Gasteiger charge is 2.15. The summed E-state index contributed by atoms with van der Waals surface area (Å²) in [7, 11) is 1.87. The maximum atomic E-state index is 13.4. The third-order valence-corrected chi connectivity index (χ3v) is 3.48. The maximum Gasteiger partial charge on any atom is 0.141 e. The number of rotatable bonds is 3. The topological polar surface area (TPSA) is 24.9 Å². The number of aromatic nitrogens is 1. The van der Waals surface area contributed by atoms with Crippen molar-refractivity contribution < 1.29 is 4.39 Å². The van der Waals surface area contributed by atoms with Crippen LogP contribution in [0.1, 0.15) is 17.2 Å². The lowest BCUT2D eigenvalue weighted by Gasteiger charge is -2.19. The molecule has 0 radical (unpaired) electrons. The summed E-state index contributed by atoms with van der Waals surface area (Å²) in [5.41, 5.74) is 1.95. The summed E-state index contributed by atoms with van der Waals surface area (Å²) in [6.07, 6.45) is 2.92. The Hall–Kier alpha value is -2.26. The molecule has 1 aromatic heterocycles. The summed E-state index contributed by atoms with van der Waals surface area (Å²) < 4.78 is 13.4. The minimum atomic E-state index is -0.317. The van der Waals surface area contributed by atoms with Gasteiger partial charge in [-0.2, -0.15) is 0 Å². The smallest absolute Gasteiger partial charge is 0.141 e. The molecule has 20 heavy (non-hydrogen) atoms. The Kier molecular flexibility index (Phi) is 3.44. The fourth-order valence-corrected chi connectivity index (χ4v) is 2.59. The molecule has 1 unspecified atom stereocenters. The van der Waals surface area contributed by atoms with Crippen LogP contribution in [0.3, 0.4) is 0 Å². The number of nitrogens with zero attached hydrogens (tertiary/aromatic N) is 1. The molecule has 2 aromatic carbocycles. The zero-order valence-corrected chi connectivity index (χ0v) is 11.2. The number of nitrogens with one attached hydrogen (secondary N) is 1. The molecule has 0 aliphatic carbocycles. The first-order valence-electron chi connectivity index (χ1n) is 6.55. The van der Waals surface area contributed by atoms with Crippen molar-refractivity contribution in [2.75, 3.05) is 7.05 Å². The first-order chi connectivity index (χ1) is 9.79. The van der Waals surface area contributed by atoms with Gasteiger partial charge in [0.05, 0.1) is 12.2 Å². The van der Waals surface area contributed by atoms with Crippen molar-refractivity contribution in [1.82, 2.24) is 10.3 Å². The molecule has 3 rings (SSSR count). The highest BCUT2D eigenvalue weighted by Crippen LogP contribution is 2.28. The van der Waals surface area contributed by atoms with Gasteiger partial charge < -0.3 is 5.32 Å². The number of benzene rings is 2. The van der Waals surface area contributed by atoms with Gasteiger partial charge in [-0.3, -0.25) is 4.98 Å². The lowest BCUT2D eigenvalue weighted by molar-refractivity contribution is 0.609. The molecule has 0 amide bonds. The maximum absolute atomic E-state index is 13.4. The second kappa shape index (κ2) is 5.39. The Morgan fingerprint density at radius 1 is 1.05 bits per heavy atom. The number of hydrogen-bond donors (Lipinski definition) is 1. The van der Waals surface area contributed by atoms with E-state index in [-0.39, 0.29) is 11.9 Å². The summed E-state index contributed by atoms with van der Waals surface area (Å²) >= 11 is 0. The van der Waals surface area contributed by atoms with Gasteiger partial charge in [-0.05, 0) is 35.0 Å². The molecule has 0 bridgehead atoms. The standard InChI is InChI=1S/C17H15FN2/c1-19-17(13-9-14(18)11-20-10-13)16-8-4-6-12-5-2-3-7-15(12)16/h2-11,17,19H,1H3. The third-order valence-electron chi connectivity index (χ3n) is 3.48. The lowest BCUT2D eigenvalue weighted by atomic mass is 9.95. The Bertz CT molecular complexity index is 734. The van der Waals surface area contributed by atoms with Crippen LogP contribution in [0.25, 0.3) is 10.8 Å². The molecule has 0 fully saturated rings. The van der Waals surface area contributed by atoms with Gasteiger partial charge in [0.2, 0.25) is 0 Å². The molecular formula is C17H15FN2. The predicted molar refractivity (Wildman–Crippen MR) is 79.0 cm³/mol. The summed E-state index contributed by atoms with van der Waals surface area (Å²) in [5.74, 6) is -0.317. The summed E-state index contributed by atoms with van der Waals surface area (Å²) in [5, 5.41) is 5.59. The van der Waals surface area contributed by atoms with E-state index >= 15 is 0 Å². The van der Waals surface area contributed by atoms with Crippen molar-refractivity contribution in [2.24, 2.45) is 0 Å². The van der Waals surface area contributed by atoms with Crippen LogP contribution in [0, 0.1) is 5.82 Å². The molecule has 2 nitrogen and oxygen atoms in total. The van der Waals surface area contributed by atoms with Crippen molar-refractivity contribution in [1.29, 1.82) is 0 Å². The Labute approximate surface area is 117 Å². The van der Waals surface area contributed by atoms with Crippen LogP contribution >= 0.6 is 0 Å². The van der Waals surface area contributed by atoms with E-state index in [9.17, 15) is 4.39 Å². The van der Waals surface area contributed by atoms with E-state index in [0.29, 0.717) is 0 Å². The second-order valence-corrected chi connectivity index (χ2v) is 4.73. The number of hydrogen-bond acceptors (Lipinski definition) is 2. The molecule has 0 aliphatic heterocycles. The number of fused-ring (bicyclic) bond motifs is 1. The summed E-state index contributed by atoms with van der Waals surface area (Å²) in [6.45, 7) is 0. The van der Waals surface area contributed by atoms with Gasteiger partial charge in [0.15, 0.2) is 0 Å². The zero-order valence-electron chi connectivity index (χ0n) is 11.2. The average molecular weight is 266 g/mol. The summed E-state index contributed by atoms with van der Waals surface area (Å²) in [4.78, 5) is 3.94. The van der Waals surface area contributed by atoms with Crippen LogP contribution in [0.15, 0.2) is 60.9 Å². The van der Waals surface area contributed by atoms with Crippen molar-refractivity contribution >= 4 is 10.8 Å². The SMILES string of the molecule is CNC(c1cncc(F)c1)c1cccc2ccccc12. The van der Waals surface area contributed by atoms with Crippen molar-refractivity contribution in [3.05, 3.63) is 77.9 Å². The number of halogens is 1. The van der Waals surface area contributed by atoms with Gasteiger partial charge in [0.1, 0.15) is 5.82 Å². The third kappa shape index (κ3) is 2.28. The van der Waals surface area contributed by atoms with Crippen LogP contribution in [0.2, 0.25) is 0 Å². The lowest BCUT2D eigenvalue weighted by Crippen LogP contribution is -2.18. The fraction of sp³-hybridized carbons (Fsp3) is 0.118. The molecule has 0 saturated carbocycles. The van der Waals surface area contributed by atoms with E-state index in [1.54, 1.807) is 6.20 Å². The first-order valence-corrected chi connectivity index (χ1v) is 6.55. The highest BCUT2D eigenvalue weighted by molar-refractivity contribution is 5.86. The van der Waals surface area contributed by atoms with Crippen LogP contribution in [0.5, 0.6) is 0 Å². The van der Waals surface area contributed by atoms with Gasteiger partial charge in [0, 0.05) is 6.20 Å². The van der Waals surface area contributed by atoms with E-state index in [4.69, 9.17) is 0 Å². The molecule has 0 saturated heterocycles. The van der Waals surface area contributed by atoms with Crippen LogP contribution in [-0.2, 0) is 0 Å². The van der Waals surface area contributed by atoms with Crippen molar-refractivity contribution in [3.8, 4) is 0 Å². The Balaban J connectivity index is 2.17. The average Bonchev–Trinajstić information content (AvgIpc) is 2.48. The van der Waals surface area contributed by atoms with E-state index in [2.05, 4.69) is 34.6 Å². The second-order valence-electron chi connectivity index (χ2n) is 4.73. The van der Waals surface area contributed by atoms with Crippen molar-refractivity contribution in [2.45, 2.75) is 6.04 Å². The Morgan fingerprint density at radius 2 is 1.85 bits per heavy atom. The minimum absolute atomic E-state index is 0.0794. The quantitative estimate of drug-likeness (QED) is 0.782. The number of pyridine rings is 1. The van der Waals surface area contributed by atoms with Crippen LogP contribution < -0.4 is 5.32 Å². The van der Waals surface area contributed by atoms with Gasteiger partial charge in [0.25, 0.3) is 0 Å². The zero-order chi connectivity index (χ0) is 13.9. The molecule has 3 aromatic rings.